The lowest BCUT2D eigenvalue weighted by Crippen LogP contribution is -2.22. The Morgan fingerprint density at radius 3 is 2.68 bits per heavy atom. The van der Waals surface area contributed by atoms with Crippen LogP contribution >= 0.6 is 43.6 Å². The van der Waals surface area contributed by atoms with E-state index in [0.29, 0.717) is 11.3 Å². The number of ether oxygens (including phenoxy) is 1. The number of hydrogen-bond acceptors (Lipinski definition) is 4. The van der Waals surface area contributed by atoms with Crippen molar-refractivity contribution in [3.8, 4) is 5.75 Å². The number of halogens is 2. The lowest BCUT2D eigenvalue weighted by Gasteiger charge is -2.23. The van der Waals surface area contributed by atoms with E-state index < -0.39 is 0 Å². The van der Waals surface area contributed by atoms with Crippen molar-refractivity contribution in [2.24, 2.45) is 4.99 Å². The number of hydrogen-bond donors (Lipinski definition) is 1. The van der Waals surface area contributed by atoms with E-state index in [1.54, 1.807) is 18.9 Å². The zero-order chi connectivity index (χ0) is 14.0. The number of anilines is 1. The molecule has 0 bridgehead atoms. The standard InChI is InChI=1S/C13H16Br2N2OS/c1-7-4-8(2)19-13(16-7)17-11-6-12(18-3)10(15)5-9(11)14/h5-8H,4H2,1-3H3,(H,16,17). The first-order valence-corrected chi connectivity index (χ1v) is 8.50. The van der Waals surface area contributed by atoms with Crippen LogP contribution in [0.5, 0.6) is 5.75 Å². The molecule has 2 atom stereocenters. The van der Waals surface area contributed by atoms with Crippen molar-refractivity contribution >= 4 is 54.5 Å². The Morgan fingerprint density at radius 2 is 2.05 bits per heavy atom. The lowest BCUT2D eigenvalue weighted by molar-refractivity contribution is 0.412. The predicted molar refractivity (Wildman–Crippen MR) is 90.6 cm³/mol. The first kappa shape index (κ1) is 15.2. The molecule has 1 heterocycles. The van der Waals surface area contributed by atoms with E-state index in [0.717, 1.165) is 32.0 Å². The number of rotatable bonds is 2. The van der Waals surface area contributed by atoms with Crippen molar-refractivity contribution in [1.29, 1.82) is 0 Å². The Morgan fingerprint density at radius 1 is 1.32 bits per heavy atom. The van der Waals surface area contributed by atoms with E-state index >= 15 is 0 Å². The van der Waals surface area contributed by atoms with Crippen molar-refractivity contribution in [2.45, 2.75) is 31.6 Å². The quantitative estimate of drug-likeness (QED) is 0.756. The van der Waals surface area contributed by atoms with Crippen molar-refractivity contribution in [1.82, 2.24) is 0 Å². The van der Waals surface area contributed by atoms with Crippen LogP contribution in [0.15, 0.2) is 26.1 Å². The van der Waals surface area contributed by atoms with E-state index in [2.05, 4.69) is 56.0 Å². The molecule has 0 fully saturated rings. The Balaban J connectivity index is 2.23. The summed E-state index contributed by atoms with van der Waals surface area (Å²) in [5.74, 6) is 0.799. The van der Waals surface area contributed by atoms with Gasteiger partial charge in [0.2, 0.25) is 0 Å². The summed E-state index contributed by atoms with van der Waals surface area (Å²) in [5, 5.41) is 4.93. The maximum Gasteiger partial charge on any atom is 0.161 e. The van der Waals surface area contributed by atoms with Crippen molar-refractivity contribution < 1.29 is 4.74 Å². The van der Waals surface area contributed by atoms with Gasteiger partial charge < -0.3 is 10.1 Å². The van der Waals surface area contributed by atoms with Gasteiger partial charge in [-0.1, -0.05) is 18.7 Å². The molecule has 0 spiro atoms. The Hall–Kier alpha value is -0.200. The molecular weight excluding hydrogens is 392 g/mol. The molecule has 1 N–H and O–H groups in total. The fourth-order valence-corrected chi connectivity index (χ4v) is 4.38. The van der Waals surface area contributed by atoms with E-state index in [1.807, 2.05) is 12.1 Å². The third-order valence-electron chi connectivity index (χ3n) is 2.81. The third kappa shape index (κ3) is 3.89. The molecule has 6 heteroatoms. The molecule has 1 aromatic rings. The Labute approximate surface area is 134 Å². The molecule has 0 radical (unpaired) electrons. The number of nitrogens with zero attached hydrogens (tertiary/aromatic N) is 1. The molecule has 1 aliphatic rings. The van der Waals surface area contributed by atoms with E-state index in [4.69, 9.17) is 4.74 Å². The van der Waals surface area contributed by atoms with Gasteiger partial charge in [-0.15, -0.1) is 0 Å². The number of aliphatic imine (C=N–C) groups is 1. The van der Waals surface area contributed by atoms with Gasteiger partial charge in [-0.25, -0.2) is 0 Å². The highest BCUT2D eigenvalue weighted by molar-refractivity contribution is 9.11. The SMILES string of the molecule is COc1cc(NC2=NC(C)CC(C)S2)c(Br)cc1Br. The summed E-state index contributed by atoms with van der Waals surface area (Å²) in [6, 6.07) is 4.30. The normalized spacial score (nSPS) is 22.9. The van der Waals surface area contributed by atoms with Gasteiger partial charge in [0.25, 0.3) is 0 Å². The van der Waals surface area contributed by atoms with Gasteiger partial charge in [0.1, 0.15) is 5.75 Å². The van der Waals surface area contributed by atoms with Gasteiger partial charge in [-0.2, -0.15) is 0 Å². The van der Waals surface area contributed by atoms with Gasteiger partial charge in [0.05, 0.1) is 23.3 Å². The lowest BCUT2D eigenvalue weighted by atomic mass is 10.2. The van der Waals surface area contributed by atoms with Crippen LogP contribution in [0.3, 0.4) is 0 Å². The summed E-state index contributed by atoms with van der Waals surface area (Å²) < 4.78 is 7.22. The largest absolute Gasteiger partial charge is 0.495 e. The molecule has 0 aliphatic carbocycles. The molecule has 0 aromatic heterocycles. The molecular formula is C13H16Br2N2OS. The Kier molecular flexibility index (Phi) is 5.20. The highest BCUT2D eigenvalue weighted by Gasteiger charge is 2.19. The average molecular weight is 408 g/mol. The number of nitrogens with one attached hydrogen (secondary N) is 1. The summed E-state index contributed by atoms with van der Waals surface area (Å²) in [6.07, 6.45) is 1.13. The number of thioether (sulfide) groups is 1. The van der Waals surface area contributed by atoms with Crippen LogP contribution in [0.1, 0.15) is 20.3 Å². The van der Waals surface area contributed by atoms with Crippen molar-refractivity contribution in [2.75, 3.05) is 12.4 Å². The van der Waals surface area contributed by atoms with Crippen molar-refractivity contribution in [3.63, 3.8) is 0 Å². The molecule has 19 heavy (non-hydrogen) atoms. The summed E-state index contributed by atoms with van der Waals surface area (Å²) in [4.78, 5) is 4.64. The van der Waals surface area contributed by atoms with Crippen LogP contribution < -0.4 is 10.1 Å². The zero-order valence-electron chi connectivity index (χ0n) is 11.0. The van der Waals surface area contributed by atoms with E-state index in [9.17, 15) is 0 Å². The third-order valence-corrected chi connectivity index (χ3v) is 5.11. The van der Waals surface area contributed by atoms with Crippen molar-refractivity contribution in [3.05, 3.63) is 21.1 Å². The molecule has 1 aliphatic heterocycles. The van der Waals surface area contributed by atoms with Gasteiger partial charge >= 0.3 is 0 Å². The minimum atomic E-state index is 0.370. The second-order valence-corrected chi connectivity index (χ2v) is 7.67. The molecule has 0 saturated carbocycles. The zero-order valence-corrected chi connectivity index (χ0v) is 15.0. The highest BCUT2D eigenvalue weighted by atomic mass is 79.9. The minimum Gasteiger partial charge on any atom is -0.495 e. The van der Waals surface area contributed by atoms with E-state index in [-0.39, 0.29) is 0 Å². The number of amidine groups is 1. The summed E-state index contributed by atoms with van der Waals surface area (Å²) in [7, 11) is 1.66. The van der Waals surface area contributed by atoms with Crippen LogP contribution in [0.2, 0.25) is 0 Å². The van der Waals surface area contributed by atoms with Crippen LogP contribution in [0.25, 0.3) is 0 Å². The predicted octanol–water partition coefficient (Wildman–Crippen LogP) is 4.90. The first-order valence-electron chi connectivity index (χ1n) is 6.04. The minimum absolute atomic E-state index is 0.370. The monoisotopic (exact) mass is 406 g/mol. The van der Waals surface area contributed by atoms with Crippen LogP contribution in [0, 0.1) is 0 Å². The summed E-state index contributed by atoms with van der Waals surface area (Å²) >= 11 is 8.80. The molecule has 2 unspecified atom stereocenters. The second kappa shape index (κ2) is 6.50. The fraction of sp³-hybridized carbons (Fsp3) is 0.462. The highest BCUT2D eigenvalue weighted by Crippen LogP contribution is 2.36. The molecule has 2 rings (SSSR count). The Bertz CT molecular complexity index is 508. The topological polar surface area (TPSA) is 33.6 Å². The molecule has 1 aromatic carbocycles. The van der Waals surface area contributed by atoms with Gasteiger partial charge in [-0.05, 0) is 51.3 Å². The first-order chi connectivity index (χ1) is 8.99. The number of benzene rings is 1. The maximum absolute atomic E-state index is 5.32. The smallest absolute Gasteiger partial charge is 0.161 e. The van der Waals surface area contributed by atoms with Crippen LogP contribution in [-0.2, 0) is 0 Å². The fourth-order valence-electron chi connectivity index (χ4n) is 1.96. The number of methoxy groups -OCH3 is 1. The van der Waals surface area contributed by atoms with Crippen LogP contribution in [-0.4, -0.2) is 23.6 Å². The molecule has 104 valence electrons. The average Bonchev–Trinajstić information content (AvgIpc) is 2.31. The van der Waals surface area contributed by atoms with Gasteiger partial charge in [0, 0.05) is 15.8 Å². The summed E-state index contributed by atoms with van der Waals surface area (Å²) in [6.45, 7) is 4.38. The maximum atomic E-state index is 5.32. The van der Waals surface area contributed by atoms with Gasteiger partial charge in [-0.3, -0.25) is 4.99 Å². The second-order valence-electron chi connectivity index (χ2n) is 4.54. The molecule has 0 saturated heterocycles. The van der Waals surface area contributed by atoms with Crippen LogP contribution in [0.4, 0.5) is 5.69 Å². The van der Waals surface area contributed by atoms with E-state index in [1.165, 1.54) is 0 Å². The molecule has 0 amide bonds. The molecule has 3 nitrogen and oxygen atoms in total. The summed E-state index contributed by atoms with van der Waals surface area (Å²) in [5.41, 5.74) is 0.965. The van der Waals surface area contributed by atoms with Gasteiger partial charge in [0.15, 0.2) is 5.17 Å².